The lowest BCUT2D eigenvalue weighted by Gasteiger charge is -2.23. The molecule has 17 heavy (non-hydrogen) atoms. The number of rotatable bonds is 6. The first kappa shape index (κ1) is 14.7. The molecule has 0 aliphatic carbocycles. The topological polar surface area (TPSA) is 35.5 Å². The van der Waals surface area contributed by atoms with Crippen molar-refractivity contribution in [3.05, 3.63) is 34.9 Å². The third-order valence-corrected chi connectivity index (χ3v) is 5.18. The lowest BCUT2D eigenvalue weighted by Crippen LogP contribution is -2.03. The van der Waals surface area contributed by atoms with Crippen LogP contribution >= 0.6 is 19.2 Å². The second-order valence-corrected chi connectivity index (χ2v) is 6.41. The van der Waals surface area contributed by atoms with Gasteiger partial charge in [0.2, 0.25) is 0 Å². The number of hydrogen-bond donors (Lipinski definition) is 0. The van der Waals surface area contributed by atoms with E-state index in [4.69, 9.17) is 20.6 Å². The van der Waals surface area contributed by atoms with E-state index in [1.807, 2.05) is 19.1 Å². The fourth-order valence-corrected chi connectivity index (χ4v) is 3.45. The Morgan fingerprint density at radius 2 is 1.65 bits per heavy atom. The van der Waals surface area contributed by atoms with E-state index in [0.29, 0.717) is 18.2 Å². The molecule has 0 bridgehead atoms. The molecule has 1 atom stereocenters. The lowest BCUT2D eigenvalue weighted by atomic mass is 10.2. The summed E-state index contributed by atoms with van der Waals surface area (Å²) in [7, 11) is -3.09. The first-order valence-electron chi connectivity index (χ1n) is 5.67. The highest BCUT2D eigenvalue weighted by Crippen LogP contribution is 2.60. The Kier molecular flexibility index (Phi) is 5.68. The average Bonchev–Trinajstić information content (AvgIpc) is 2.30. The number of halogens is 1. The number of hydrogen-bond acceptors (Lipinski definition) is 3. The summed E-state index contributed by atoms with van der Waals surface area (Å²) in [6, 6.07) is 7.24. The molecule has 96 valence electrons. The van der Waals surface area contributed by atoms with Gasteiger partial charge in [-0.3, -0.25) is 4.57 Å². The summed E-state index contributed by atoms with van der Waals surface area (Å²) in [4.78, 5) is 0. The van der Waals surface area contributed by atoms with Gasteiger partial charge in [0, 0.05) is 5.02 Å². The summed E-state index contributed by atoms with van der Waals surface area (Å²) in [6.45, 7) is 6.19. The monoisotopic (exact) mass is 276 g/mol. The van der Waals surface area contributed by atoms with Crippen LogP contribution < -0.4 is 0 Å². The van der Waals surface area contributed by atoms with Crippen molar-refractivity contribution in [3.8, 4) is 0 Å². The standard InChI is InChI=1S/C12H18ClO3P/c1-4-15-17(14,16-5-2)10(3)11-6-8-12(13)9-7-11/h6-10H,4-5H2,1-3H3. The van der Waals surface area contributed by atoms with Crippen LogP contribution in [0.3, 0.4) is 0 Å². The zero-order valence-electron chi connectivity index (χ0n) is 10.4. The molecule has 0 aliphatic rings. The van der Waals surface area contributed by atoms with Crippen molar-refractivity contribution in [1.82, 2.24) is 0 Å². The van der Waals surface area contributed by atoms with E-state index in [0.717, 1.165) is 5.56 Å². The van der Waals surface area contributed by atoms with Crippen molar-refractivity contribution in [3.63, 3.8) is 0 Å². The molecule has 0 amide bonds. The SMILES string of the molecule is CCOP(=O)(OCC)C(C)c1ccc(Cl)cc1. The summed E-state index contributed by atoms with van der Waals surface area (Å²) >= 11 is 5.82. The highest BCUT2D eigenvalue weighted by Gasteiger charge is 2.32. The second-order valence-electron chi connectivity index (χ2n) is 3.60. The Morgan fingerprint density at radius 1 is 1.18 bits per heavy atom. The molecule has 0 heterocycles. The summed E-state index contributed by atoms with van der Waals surface area (Å²) in [5.41, 5.74) is 0.610. The normalized spacial score (nSPS) is 13.6. The molecule has 1 unspecified atom stereocenters. The molecule has 0 fully saturated rings. The zero-order chi connectivity index (χ0) is 12.9. The van der Waals surface area contributed by atoms with Gasteiger partial charge < -0.3 is 9.05 Å². The van der Waals surface area contributed by atoms with E-state index in [1.54, 1.807) is 26.0 Å². The average molecular weight is 277 g/mol. The van der Waals surface area contributed by atoms with Crippen LogP contribution in [-0.4, -0.2) is 13.2 Å². The lowest BCUT2D eigenvalue weighted by molar-refractivity contribution is 0.213. The van der Waals surface area contributed by atoms with E-state index < -0.39 is 7.60 Å². The third-order valence-electron chi connectivity index (χ3n) is 2.44. The zero-order valence-corrected chi connectivity index (χ0v) is 12.0. The van der Waals surface area contributed by atoms with Crippen LogP contribution in [0.15, 0.2) is 24.3 Å². The highest BCUT2D eigenvalue weighted by atomic mass is 35.5. The Labute approximate surface area is 108 Å². The van der Waals surface area contributed by atoms with Crippen LogP contribution in [0.1, 0.15) is 32.0 Å². The molecule has 0 aliphatic heterocycles. The maximum absolute atomic E-state index is 12.5. The minimum absolute atomic E-state index is 0.292. The van der Waals surface area contributed by atoms with Gasteiger partial charge in [-0.05, 0) is 38.5 Å². The van der Waals surface area contributed by atoms with Gasteiger partial charge in [-0.15, -0.1) is 0 Å². The predicted molar refractivity (Wildman–Crippen MR) is 70.7 cm³/mol. The van der Waals surface area contributed by atoms with Crippen molar-refractivity contribution in [1.29, 1.82) is 0 Å². The Hall–Kier alpha value is -0.340. The van der Waals surface area contributed by atoms with Crippen molar-refractivity contribution in [2.24, 2.45) is 0 Å². The minimum Gasteiger partial charge on any atom is -0.308 e. The van der Waals surface area contributed by atoms with Gasteiger partial charge in [0.25, 0.3) is 0 Å². The van der Waals surface area contributed by atoms with E-state index in [2.05, 4.69) is 0 Å². The van der Waals surface area contributed by atoms with E-state index in [-0.39, 0.29) is 5.66 Å². The van der Waals surface area contributed by atoms with Gasteiger partial charge in [0.15, 0.2) is 0 Å². The maximum atomic E-state index is 12.5. The van der Waals surface area contributed by atoms with Gasteiger partial charge in [0.05, 0.1) is 18.9 Å². The van der Waals surface area contributed by atoms with Crippen LogP contribution in [-0.2, 0) is 13.6 Å². The van der Waals surface area contributed by atoms with Gasteiger partial charge >= 0.3 is 7.60 Å². The van der Waals surface area contributed by atoms with Crippen molar-refractivity contribution in [2.45, 2.75) is 26.4 Å². The fourth-order valence-electron chi connectivity index (χ4n) is 1.54. The molecule has 0 N–H and O–H groups in total. The molecule has 5 heteroatoms. The molecular weight excluding hydrogens is 259 g/mol. The molecule has 3 nitrogen and oxygen atoms in total. The molecule has 0 aromatic heterocycles. The van der Waals surface area contributed by atoms with Crippen LogP contribution in [0.25, 0.3) is 0 Å². The predicted octanol–water partition coefficient (Wildman–Crippen LogP) is 4.67. The van der Waals surface area contributed by atoms with Crippen LogP contribution in [0.2, 0.25) is 5.02 Å². The summed E-state index contributed by atoms with van der Waals surface area (Å²) in [5, 5.41) is 0.656. The summed E-state index contributed by atoms with van der Waals surface area (Å²) < 4.78 is 23.2. The largest absolute Gasteiger partial charge is 0.337 e. The molecule has 1 aromatic carbocycles. The molecule has 1 rings (SSSR count). The summed E-state index contributed by atoms with van der Waals surface area (Å²) in [5.74, 6) is 0. The Morgan fingerprint density at radius 3 is 2.06 bits per heavy atom. The van der Waals surface area contributed by atoms with Crippen LogP contribution in [0.4, 0.5) is 0 Å². The first-order chi connectivity index (χ1) is 8.03. The minimum atomic E-state index is -3.09. The number of benzene rings is 1. The van der Waals surface area contributed by atoms with Gasteiger partial charge in [-0.1, -0.05) is 23.7 Å². The van der Waals surface area contributed by atoms with Crippen molar-refractivity contribution in [2.75, 3.05) is 13.2 Å². The van der Waals surface area contributed by atoms with Gasteiger partial charge in [-0.2, -0.15) is 0 Å². The van der Waals surface area contributed by atoms with E-state index >= 15 is 0 Å². The van der Waals surface area contributed by atoms with Gasteiger partial charge in [-0.25, -0.2) is 0 Å². The molecule has 0 saturated heterocycles. The molecule has 0 radical (unpaired) electrons. The second kappa shape index (κ2) is 6.55. The third kappa shape index (κ3) is 3.82. The molecule has 0 saturated carbocycles. The highest BCUT2D eigenvalue weighted by molar-refractivity contribution is 7.54. The first-order valence-corrected chi connectivity index (χ1v) is 7.66. The maximum Gasteiger partial charge on any atom is 0.337 e. The van der Waals surface area contributed by atoms with Gasteiger partial charge in [0.1, 0.15) is 0 Å². The van der Waals surface area contributed by atoms with Crippen molar-refractivity contribution < 1.29 is 13.6 Å². The fraction of sp³-hybridized carbons (Fsp3) is 0.500. The molecular formula is C12H18ClO3P. The quantitative estimate of drug-likeness (QED) is 0.709. The molecule has 0 spiro atoms. The summed E-state index contributed by atoms with van der Waals surface area (Å²) in [6.07, 6.45) is 0. The Bertz CT molecular complexity index is 381. The Balaban J connectivity index is 2.95. The van der Waals surface area contributed by atoms with Crippen LogP contribution in [0, 0.1) is 0 Å². The van der Waals surface area contributed by atoms with E-state index in [9.17, 15) is 4.57 Å². The van der Waals surface area contributed by atoms with Crippen molar-refractivity contribution >= 4 is 19.2 Å². The van der Waals surface area contributed by atoms with E-state index in [1.165, 1.54) is 0 Å². The smallest absolute Gasteiger partial charge is 0.308 e. The van der Waals surface area contributed by atoms with Crippen LogP contribution in [0.5, 0.6) is 0 Å². The molecule has 1 aromatic rings.